The molecular weight excluding hydrogens is 306 g/mol. The van der Waals surface area contributed by atoms with Crippen LogP contribution >= 0.6 is 0 Å². The molecule has 0 bridgehead atoms. The second kappa shape index (κ2) is 8.72. The molecule has 1 aromatic carbocycles. The van der Waals surface area contributed by atoms with E-state index in [-0.39, 0.29) is 12.3 Å². The molecule has 6 nitrogen and oxygen atoms in total. The Morgan fingerprint density at radius 3 is 2.83 bits per heavy atom. The monoisotopic (exact) mass is 324 g/mol. The summed E-state index contributed by atoms with van der Waals surface area (Å²) in [7, 11) is 0. The van der Waals surface area contributed by atoms with Crippen LogP contribution in [0.25, 0.3) is 0 Å². The fraction of sp³-hybridized carbons (Fsp3) is 0.333. The zero-order valence-corrected chi connectivity index (χ0v) is 12.6. The predicted molar refractivity (Wildman–Crippen MR) is 81.2 cm³/mol. The van der Waals surface area contributed by atoms with Crippen LogP contribution in [0.2, 0.25) is 0 Å². The number of guanidine groups is 1. The lowest BCUT2D eigenvalue weighted by Crippen LogP contribution is -2.36. The molecule has 0 fully saturated rings. The summed E-state index contributed by atoms with van der Waals surface area (Å²) in [6.45, 7) is 0.383. The molecule has 2 rings (SSSR count). The third-order valence-corrected chi connectivity index (χ3v) is 2.87. The van der Waals surface area contributed by atoms with Crippen LogP contribution in [0.1, 0.15) is 18.2 Å². The van der Waals surface area contributed by atoms with Crippen molar-refractivity contribution in [1.29, 1.82) is 0 Å². The number of halogens is 2. The van der Waals surface area contributed by atoms with E-state index in [1.54, 1.807) is 24.3 Å². The van der Waals surface area contributed by atoms with Gasteiger partial charge >= 0.3 is 6.61 Å². The van der Waals surface area contributed by atoms with E-state index >= 15 is 0 Å². The van der Waals surface area contributed by atoms with E-state index in [1.165, 1.54) is 12.3 Å². The summed E-state index contributed by atoms with van der Waals surface area (Å²) in [5, 5.41) is 9.94. The van der Waals surface area contributed by atoms with Gasteiger partial charge in [0, 0.05) is 18.2 Å². The average molecular weight is 324 g/mol. The van der Waals surface area contributed by atoms with Crippen LogP contribution in [0, 0.1) is 0 Å². The fourth-order valence-electron chi connectivity index (χ4n) is 1.85. The number of hydrogen-bond acceptors (Lipinski definition) is 4. The predicted octanol–water partition coefficient (Wildman–Crippen LogP) is 2.53. The summed E-state index contributed by atoms with van der Waals surface area (Å²) in [5.41, 5.74) is 1.31. The molecule has 124 valence electrons. The smallest absolute Gasteiger partial charge is 0.387 e. The lowest BCUT2D eigenvalue weighted by atomic mass is 10.2. The topological polar surface area (TPSA) is 71.7 Å². The number of aliphatic imine (C=N–C) groups is 1. The molecule has 0 aliphatic rings. The maximum absolute atomic E-state index is 12.4. The molecular formula is C15H18F2N4O2. The van der Waals surface area contributed by atoms with Gasteiger partial charge in [-0.1, -0.05) is 23.4 Å². The zero-order chi connectivity index (χ0) is 16.5. The van der Waals surface area contributed by atoms with Gasteiger partial charge < -0.3 is 19.9 Å². The molecule has 0 radical (unpaired) electrons. The molecule has 2 aromatic rings. The summed E-state index contributed by atoms with van der Waals surface area (Å²) in [5.74, 6) is 0.668. The normalized spacial score (nSPS) is 11.6. The Hall–Kier alpha value is -2.64. The Bertz CT molecular complexity index is 618. The molecule has 0 aliphatic carbocycles. The zero-order valence-electron chi connectivity index (χ0n) is 12.6. The third kappa shape index (κ3) is 5.57. The number of rotatable bonds is 7. The highest BCUT2D eigenvalue weighted by molar-refractivity contribution is 5.79. The number of nitrogens with zero attached hydrogens (tertiary/aromatic N) is 2. The molecule has 0 atom stereocenters. The molecule has 0 unspecified atom stereocenters. The van der Waals surface area contributed by atoms with Crippen LogP contribution in [0.15, 0.2) is 46.1 Å². The summed E-state index contributed by atoms with van der Waals surface area (Å²) in [4.78, 5) is 4.36. The molecule has 2 N–H and O–H groups in total. The molecule has 0 aliphatic heterocycles. The number of benzene rings is 1. The minimum absolute atomic E-state index is 0.124. The number of para-hydroxylation sites is 1. The van der Waals surface area contributed by atoms with Gasteiger partial charge in [-0.25, -0.2) is 4.99 Å². The van der Waals surface area contributed by atoms with Crippen molar-refractivity contribution in [3.05, 3.63) is 47.9 Å². The first kappa shape index (κ1) is 16.7. The van der Waals surface area contributed by atoms with Crippen molar-refractivity contribution in [2.75, 3.05) is 6.54 Å². The summed E-state index contributed by atoms with van der Waals surface area (Å²) in [6, 6.07) is 8.31. The van der Waals surface area contributed by atoms with Crippen LogP contribution in [0.3, 0.4) is 0 Å². The van der Waals surface area contributed by atoms with Gasteiger partial charge in [0.25, 0.3) is 0 Å². The van der Waals surface area contributed by atoms with Crippen LogP contribution in [0.5, 0.6) is 5.75 Å². The van der Waals surface area contributed by atoms with Crippen LogP contribution in [-0.2, 0) is 13.1 Å². The van der Waals surface area contributed by atoms with Gasteiger partial charge in [0.05, 0.1) is 13.1 Å². The molecule has 1 aromatic heterocycles. The molecule has 0 saturated carbocycles. The van der Waals surface area contributed by atoms with Crippen molar-refractivity contribution in [3.8, 4) is 5.75 Å². The Balaban J connectivity index is 2.02. The van der Waals surface area contributed by atoms with Crippen molar-refractivity contribution in [3.63, 3.8) is 0 Å². The van der Waals surface area contributed by atoms with E-state index in [1.807, 2.05) is 6.92 Å². The van der Waals surface area contributed by atoms with E-state index in [0.717, 1.165) is 5.69 Å². The molecule has 23 heavy (non-hydrogen) atoms. The molecule has 0 amide bonds. The first-order valence-corrected chi connectivity index (χ1v) is 7.13. The second-order valence-corrected chi connectivity index (χ2v) is 4.53. The van der Waals surface area contributed by atoms with Gasteiger partial charge in [0.15, 0.2) is 5.96 Å². The van der Waals surface area contributed by atoms with Crippen LogP contribution in [-0.4, -0.2) is 24.3 Å². The highest BCUT2D eigenvalue weighted by Crippen LogP contribution is 2.20. The van der Waals surface area contributed by atoms with Crippen molar-refractivity contribution in [2.24, 2.45) is 4.99 Å². The number of ether oxygens (including phenoxy) is 1. The molecule has 0 spiro atoms. The van der Waals surface area contributed by atoms with Gasteiger partial charge in [0.2, 0.25) is 0 Å². The lowest BCUT2D eigenvalue weighted by Gasteiger charge is -2.12. The molecule has 1 heterocycles. The minimum Gasteiger partial charge on any atom is -0.434 e. The Kier molecular flexibility index (Phi) is 6.34. The molecule has 8 heteroatoms. The second-order valence-electron chi connectivity index (χ2n) is 4.53. The van der Waals surface area contributed by atoms with Crippen molar-refractivity contribution < 1.29 is 18.0 Å². The van der Waals surface area contributed by atoms with Gasteiger partial charge in [-0.15, -0.1) is 0 Å². The largest absolute Gasteiger partial charge is 0.434 e. The Morgan fingerprint density at radius 2 is 2.13 bits per heavy atom. The van der Waals surface area contributed by atoms with Crippen LogP contribution < -0.4 is 15.4 Å². The van der Waals surface area contributed by atoms with Gasteiger partial charge in [-0.2, -0.15) is 8.78 Å². The highest BCUT2D eigenvalue weighted by Gasteiger charge is 2.09. The van der Waals surface area contributed by atoms with Crippen molar-refractivity contribution >= 4 is 5.96 Å². The average Bonchev–Trinajstić information content (AvgIpc) is 3.04. The SMILES string of the molecule is CCNC(=NCc1ccccc1OC(F)F)NCc1ccon1. The summed E-state index contributed by atoms with van der Waals surface area (Å²) < 4.78 is 34.0. The van der Waals surface area contributed by atoms with Gasteiger partial charge in [-0.3, -0.25) is 0 Å². The fourth-order valence-corrected chi connectivity index (χ4v) is 1.85. The van der Waals surface area contributed by atoms with E-state index in [0.29, 0.717) is 24.6 Å². The quantitative estimate of drug-likeness (QED) is 0.605. The van der Waals surface area contributed by atoms with E-state index in [9.17, 15) is 8.78 Å². The lowest BCUT2D eigenvalue weighted by molar-refractivity contribution is -0.0504. The standard InChI is InChI=1S/C15H18F2N4O2/c1-2-18-15(20-10-12-7-8-22-21-12)19-9-11-5-3-4-6-13(11)23-14(16)17/h3-8,14H,2,9-10H2,1H3,(H2,18,19,20). The highest BCUT2D eigenvalue weighted by atomic mass is 19.3. The van der Waals surface area contributed by atoms with E-state index in [2.05, 4.69) is 25.5 Å². The maximum atomic E-state index is 12.4. The first-order chi connectivity index (χ1) is 11.2. The van der Waals surface area contributed by atoms with Crippen molar-refractivity contribution in [1.82, 2.24) is 15.8 Å². The summed E-state index contributed by atoms with van der Waals surface area (Å²) in [6.07, 6.45) is 1.49. The van der Waals surface area contributed by atoms with Crippen LogP contribution in [0.4, 0.5) is 8.78 Å². The number of hydrogen-bond donors (Lipinski definition) is 2. The van der Waals surface area contributed by atoms with Gasteiger partial charge in [-0.05, 0) is 13.0 Å². The first-order valence-electron chi connectivity index (χ1n) is 7.13. The van der Waals surface area contributed by atoms with E-state index in [4.69, 9.17) is 4.52 Å². The minimum atomic E-state index is -2.86. The van der Waals surface area contributed by atoms with E-state index < -0.39 is 6.61 Å². The number of nitrogens with one attached hydrogen (secondary N) is 2. The third-order valence-electron chi connectivity index (χ3n) is 2.87. The van der Waals surface area contributed by atoms with Crippen molar-refractivity contribution in [2.45, 2.75) is 26.6 Å². The Morgan fingerprint density at radius 1 is 1.30 bits per heavy atom. The van der Waals surface area contributed by atoms with Gasteiger partial charge in [0.1, 0.15) is 17.7 Å². The Labute approximate surface area is 132 Å². The maximum Gasteiger partial charge on any atom is 0.387 e. The number of alkyl halides is 2. The molecule has 0 saturated heterocycles. The summed E-state index contributed by atoms with van der Waals surface area (Å²) >= 11 is 0. The number of aromatic nitrogens is 1.